The lowest BCUT2D eigenvalue weighted by Crippen LogP contribution is -2.48. The largest absolute Gasteiger partial charge is 0.439 e. The summed E-state index contributed by atoms with van der Waals surface area (Å²) in [7, 11) is 0. The van der Waals surface area contributed by atoms with E-state index in [0.29, 0.717) is 49.3 Å². The van der Waals surface area contributed by atoms with E-state index in [9.17, 15) is 14.7 Å². The fourth-order valence-corrected chi connectivity index (χ4v) is 6.10. The van der Waals surface area contributed by atoms with Crippen molar-refractivity contribution in [2.45, 2.75) is 90.6 Å². The first kappa shape index (κ1) is 28.7. The Bertz CT molecular complexity index is 1610. The van der Waals surface area contributed by atoms with Crippen LogP contribution in [0.3, 0.4) is 0 Å². The quantitative estimate of drug-likeness (QED) is 0.306. The maximum absolute atomic E-state index is 14.1. The summed E-state index contributed by atoms with van der Waals surface area (Å²) in [5.41, 5.74) is 3.99. The zero-order valence-corrected chi connectivity index (χ0v) is 24.1. The lowest BCUT2D eigenvalue weighted by Gasteiger charge is -2.39. The number of hydrogen-bond donors (Lipinski definition) is 2. The summed E-state index contributed by atoms with van der Waals surface area (Å²) < 4.78 is 12.3. The summed E-state index contributed by atoms with van der Waals surface area (Å²) in [5.74, 6) is 0.478. The third-order valence-electron chi connectivity index (χ3n) is 7.75. The number of ether oxygens (including phenoxy) is 1. The number of aryl methyl sites for hydroxylation is 2. The van der Waals surface area contributed by atoms with Crippen molar-refractivity contribution in [3.63, 3.8) is 0 Å². The smallest absolute Gasteiger partial charge is 0.388 e. The molecule has 5 rings (SSSR count). The van der Waals surface area contributed by atoms with Gasteiger partial charge in [-0.2, -0.15) is 0 Å². The molecule has 41 heavy (non-hydrogen) atoms. The van der Waals surface area contributed by atoms with Gasteiger partial charge in [-0.15, -0.1) is 0 Å². The van der Waals surface area contributed by atoms with Crippen molar-refractivity contribution in [1.82, 2.24) is 19.7 Å². The van der Waals surface area contributed by atoms with E-state index in [1.165, 1.54) is 0 Å². The number of nitrogens with zero attached hydrogens (tertiary/aromatic N) is 3. The minimum Gasteiger partial charge on any atom is -0.388 e. The lowest BCUT2D eigenvalue weighted by atomic mass is 9.87. The molecule has 1 aliphatic rings. The van der Waals surface area contributed by atoms with E-state index in [2.05, 4.69) is 17.1 Å². The van der Waals surface area contributed by atoms with Crippen molar-refractivity contribution in [2.24, 2.45) is 0 Å². The van der Waals surface area contributed by atoms with Crippen molar-refractivity contribution in [3.8, 4) is 22.5 Å². The topological polar surface area (TPSA) is 123 Å². The maximum Gasteiger partial charge on any atom is 0.439 e. The van der Waals surface area contributed by atoms with Crippen LogP contribution in [0.4, 0.5) is 0 Å². The Morgan fingerprint density at radius 2 is 1.71 bits per heavy atom. The van der Waals surface area contributed by atoms with Crippen LogP contribution in [-0.4, -0.2) is 42.6 Å². The third-order valence-corrected chi connectivity index (χ3v) is 7.75. The molecule has 1 unspecified atom stereocenters. The molecule has 3 atom stereocenters. The molecule has 2 N–H and O–H groups in total. The first-order valence-electron chi connectivity index (χ1n) is 14.4. The number of hydrogen-bond acceptors (Lipinski definition) is 7. The summed E-state index contributed by atoms with van der Waals surface area (Å²) in [5, 5.41) is 15.4. The normalized spacial score (nSPS) is 20.8. The van der Waals surface area contributed by atoms with Gasteiger partial charge >= 0.3 is 5.76 Å². The average molecular weight is 559 g/mol. The highest BCUT2D eigenvalue weighted by molar-refractivity contribution is 5.80. The summed E-state index contributed by atoms with van der Waals surface area (Å²) in [6, 6.07) is 15.7. The van der Waals surface area contributed by atoms with Crippen molar-refractivity contribution < 1.29 is 14.4 Å². The second-order valence-corrected chi connectivity index (χ2v) is 11.2. The Hall–Kier alpha value is -3.82. The first-order valence-corrected chi connectivity index (χ1v) is 14.4. The van der Waals surface area contributed by atoms with Crippen LogP contribution in [-0.2, 0) is 30.5 Å². The van der Waals surface area contributed by atoms with Crippen LogP contribution >= 0.6 is 0 Å². The average Bonchev–Trinajstić information content (AvgIpc) is 3.38. The van der Waals surface area contributed by atoms with Gasteiger partial charge in [-0.25, -0.2) is 9.78 Å². The zero-order chi connectivity index (χ0) is 29.1. The van der Waals surface area contributed by atoms with Gasteiger partial charge in [0.25, 0.3) is 5.56 Å². The standard InChI is InChI=1S/C32H38N4O5/c1-5-9-27-26(30(37)36(28(6-2)33-27)19-32(39)17-20(3)40-21(4)18-32)16-22-12-14-23(15-13-22)24-10-7-8-11-25(24)29-34-31(38)41-35-29/h7-8,10-15,20-21,39H,5-6,9,16-19H2,1-4H3,(H,34,35,38)/t20-,21+,32?. The van der Waals surface area contributed by atoms with Gasteiger partial charge < -0.3 is 9.84 Å². The molecular formula is C32H38N4O5. The molecule has 1 aliphatic heterocycles. The van der Waals surface area contributed by atoms with Crippen LogP contribution in [0.25, 0.3) is 22.5 Å². The molecule has 0 aliphatic carbocycles. The van der Waals surface area contributed by atoms with Gasteiger partial charge in [0, 0.05) is 36.8 Å². The minimum atomic E-state index is -1.03. The molecule has 9 nitrogen and oxygen atoms in total. The van der Waals surface area contributed by atoms with Crippen molar-refractivity contribution in [1.29, 1.82) is 0 Å². The van der Waals surface area contributed by atoms with Crippen LogP contribution in [0.1, 0.15) is 69.6 Å². The number of aromatic nitrogens is 4. The predicted octanol–water partition coefficient (Wildman–Crippen LogP) is 4.68. The highest BCUT2D eigenvalue weighted by Crippen LogP contribution is 2.32. The SMILES string of the molecule is CCCc1nc(CC)n(CC2(O)C[C@@H](C)O[C@@H](C)C2)c(=O)c1Cc1ccc(-c2ccccc2-c2noc(=O)[nH]2)cc1. The molecule has 1 fully saturated rings. The Morgan fingerprint density at radius 3 is 2.32 bits per heavy atom. The molecule has 0 amide bonds. The molecule has 2 aromatic heterocycles. The third kappa shape index (κ3) is 6.26. The highest BCUT2D eigenvalue weighted by Gasteiger charge is 2.38. The van der Waals surface area contributed by atoms with Crippen molar-refractivity contribution in [2.75, 3.05) is 0 Å². The van der Waals surface area contributed by atoms with Gasteiger partial charge in [0.1, 0.15) is 5.82 Å². The van der Waals surface area contributed by atoms with Gasteiger partial charge in [-0.05, 0) is 37.0 Å². The van der Waals surface area contributed by atoms with E-state index in [1.54, 1.807) is 4.57 Å². The van der Waals surface area contributed by atoms with E-state index >= 15 is 0 Å². The molecule has 1 saturated heterocycles. The molecule has 9 heteroatoms. The van der Waals surface area contributed by atoms with Crippen LogP contribution in [0, 0.1) is 0 Å². The highest BCUT2D eigenvalue weighted by atomic mass is 16.5. The van der Waals surface area contributed by atoms with E-state index in [-0.39, 0.29) is 24.3 Å². The van der Waals surface area contributed by atoms with E-state index < -0.39 is 11.4 Å². The molecule has 0 bridgehead atoms. The zero-order valence-electron chi connectivity index (χ0n) is 24.1. The monoisotopic (exact) mass is 558 g/mol. The molecule has 0 spiro atoms. The van der Waals surface area contributed by atoms with Crippen LogP contribution in [0.5, 0.6) is 0 Å². The molecule has 0 radical (unpaired) electrons. The van der Waals surface area contributed by atoms with Crippen LogP contribution in [0.2, 0.25) is 0 Å². The molecule has 3 heterocycles. The van der Waals surface area contributed by atoms with E-state index in [1.807, 2.05) is 69.3 Å². The second kappa shape index (κ2) is 12.0. The summed E-state index contributed by atoms with van der Waals surface area (Å²) in [4.78, 5) is 33.2. The number of aromatic amines is 1. The number of aliphatic hydroxyl groups is 1. The van der Waals surface area contributed by atoms with Crippen LogP contribution in [0.15, 0.2) is 62.6 Å². The Labute approximate surface area is 239 Å². The van der Waals surface area contributed by atoms with Gasteiger partial charge in [-0.3, -0.25) is 18.9 Å². The lowest BCUT2D eigenvalue weighted by molar-refractivity contribution is -0.138. The van der Waals surface area contributed by atoms with Gasteiger partial charge in [0.15, 0.2) is 5.82 Å². The molecule has 216 valence electrons. The number of nitrogens with one attached hydrogen (secondary N) is 1. The fraction of sp³-hybridized carbons (Fsp3) is 0.438. The number of H-pyrrole nitrogens is 1. The first-order chi connectivity index (χ1) is 19.7. The van der Waals surface area contributed by atoms with Crippen molar-refractivity contribution >= 4 is 0 Å². The summed E-state index contributed by atoms with van der Waals surface area (Å²) in [6.45, 7) is 8.22. The van der Waals surface area contributed by atoms with Gasteiger partial charge in [0.2, 0.25) is 0 Å². The van der Waals surface area contributed by atoms with Gasteiger partial charge in [-0.1, -0.05) is 74.0 Å². The fourth-order valence-electron chi connectivity index (χ4n) is 6.10. The molecule has 0 saturated carbocycles. The minimum absolute atomic E-state index is 0.0788. The van der Waals surface area contributed by atoms with Crippen molar-refractivity contribution in [3.05, 3.63) is 92.1 Å². The van der Waals surface area contributed by atoms with Gasteiger partial charge in [0.05, 0.1) is 30.0 Å². The Balaban J connectivity index is 1.48. The molecular weight excluding hydrogens is 520 g/mol. The van der Waals surface area contributed by atoms with Crippen LogP contribution < -0.4 is 11.3 Å². The molecule has 2 aromatic carbocycles. The maximum atomic E-state index is 14.1. The summed E-state index contributed by atoms with van der Waals surface area (Å²) in [6.07, 6.45) is 3.43. The van der Waals surface area contributed by atoms with E-state index in [4.69, 9.17) is 14.2 Å². The summed E-state index contributed by atoms with van der Waals surface area (Å²) >= 11 is 0. The number of benzene rings is 2. The second-order valence-electron chi connectivity index (χ2n) is 11.2. The number of rotatable bonds is 9. The molecule has 4 aromatic rings. The Kier molecular flexibility index (Phi) is 8.37. The predicted molar refractivity (Wildman–Crippen MR) is 157 cm³/mol. The Morgan fingerprint density at radius 1 is 1.02 bits per heavy atom. The van der Waals surface area contributed by atoms with E-state index in [0.717, 1.165) is 34.4 Å².